The Kier molecular flexibility index (Phi) is 7.18. The lowest BCUT2D eigenvalue weighted by Crippen LogP contribution is -2.49. The Bertz CT molecular complexity index is 1050. The molecule has 9 heteroatoms. The van der Waals surface area contributed by atoms with Gasteiger partial charge in [0.15, 0.2) is 0 Å². The van der Waals surface area contributed by atoms with Crippen molar-refractivity contribution < 1.29 is 14.0 Å². The second-order valence-electron chi connectivity index (χ2n) is 7.45. The first-order chi connectivity index (χ1) is 15.6. The highest BCUT2D eigenvalue weighted by Gasteiger charge is 2.21. The molecule has 2 N–H and O–H groups in total. The largest absolute Gasteiger partial charge is 0.467 e. The predicted octanol–water partition coefficient (Wildman–Crippen LogP) is 3.13. The molecule has 0 unspecified atom stereocenters. The molecule has 0 saturated carbocycles. The quantitative estimate of drug-likeness (QED) is 0.521. The van der Waals surface area contributed by atoms with Gasteiger partial charge in [0.05, 0.1) is 30.6 Å². The Labute approximate surface area is 194 Å². The zero-order valence-electron chi connectivity index (χ0n) is 17.5. The number of aromatic nitrogens is 1. The maximum Gasteiger partial charge on any atom is 0.253 e. The van der Waals surface area contributed by atoms with Crippen molar-refractivity contribution in [1.82, 2.24) is 15.2 Å². The van der Waals surface area contributed by atoms with Gasteiger partial charge in [0, 0.05) is 36.8 Å². The molecular weight excluding hydrogens is 474 g/mol. The van der Waals surface area contributed by atoms with Crippen molar-refractivity contribution in [1.29, 1.82) is 0 Å². The third-order valence-electron chi connectivity index (χ3n) is 5.22. The molecular formula is C23H24BrN5O3. The van der Waals surface area contributed by atoms with E-state index in [1.165, 1.54) is 0 Å². The summed E-state index contributed by atoms with van der Waals surface area (Å²) in [6.07, 6.45) is 3.35. The number of furan rings is 1. The fourth-order valence-electron chi connectivity index (χ4n) is 3.55. The average molecular weight is 498 g/mol. The number of hydrogen-bond donors (Lipinski definition) is 2. The molecule has 0 aliphatic carbocycles. The number of amides is 2. The van der Waals surface area contributed by atoms with Gasteiger partial charge in [0.1, 0.15) is 11.6 Å². The highest BCUT2D eigenvalue weighted by Crippen LogP contribution is 2.18. The number of halogens is 1. The number of anilines is 2. The average Bonchev–Trinajstić information content (AvgIpc) is 3.33. The zero-order valence-corrected chi connectivity index (χ0v) is 19.0. The highest BCUT2D eigenvalue weighted by molar-refractivity contribution is 9.10. The number of benzene rings is 1. The van der Waals surface area contributed by atoms with E-state index >= 15 is 0 Å². The summed E-state index contributed by atoms with van der Waals surface area (Å²) in [6, 6.07) is 14.5. The second kappa shape index (κ2) is 10.4. The molecule has 1 saturated heterocycles. The first kappa shape index (κ1) is 22.0. The number of carbonyl (C=O) groups is 2. The first-order valence-corrected chi connectivity index (χ1v) is 11.2. The molecule has 1 fully saturated rings. The van der Waals surface area contributed by atoms with Gasteiger partial charge in [-0.3, -0.25) is 14.5 Å². The van der Waals surface area contributed by atoms with E-state index in [9.17, 15) is 9.59 Å². The smallest absolute Gasteiger partial charge is 0.253 e. The van der Waals surface area contributed by atoms with Gasteiger partial charge in [-0.15, -0.1) is 0 Å². The minimum absolute atomic E-state index is 0.147. The van der Waals surface area contributed by atoms with Gasteiger partial charge in [0.25, 0.3) is 5.91 Å². The van der Waals surface area contributed by atoms with Crippen LogP contribution in [0.5, 0.6) is 0 Å². The first-order valence-electron chi connectivity index (χ1n) is 10.4. The summed E-state index contributed by atoms with van der Waals surface area (Å²) in [7, 11) is 0. The third-order valence-corrected chi connectivity index (χ3v) is 5.69. The van der Waals surface area contributed by atoms with Gasteiger partial charge >= 0.3 is 0 Å². The summed E-state index contributed by atoms with van der Waals surface area (Å²) in [5.41, 5.74) is 0.908. The van der Waals surface area contributed by atoms with Crippen LogP contribution < -0.4 is 15.5 Å². The van der Waals surface area contributed by atoms with Crippen LogP contribution in [0.1, 0.15) is 16.1 Å². The van der Waals surface area contributed by atoms with E-state index in [4.69, 9.17) is 4.42 Å². The van der Waals surface area contributed by atoms with Crippen LogP contribution in [0.15, 0.2) is 69.9 Å². The van der Waals surface area contributed by atoms with Crippen molar-refractivity contribution in [3.8, 4) is 0 Å². The number of pyridine rings is 1. The third kappa shape index (κ3) is 5.74. The Balaban J connectivity index is 1.29. The van der Waals surface area contributed by atoms with Crippen LogP contribution in [0.3, 0.4) is 0 Å². The van der Waals surface area contributed by atoms with Crippen LogP contribution >= 0.6 is 15.9 Å². The van der Waals surface area contributed by atoms with Gasteiger partial charge < -0.3 is 20.0 Å². The molecule has 3 aromatic rings. The van der Waals surface area contributed by atoms with Crippen molar-refractivity contribution in [3.63, 3.8) is 0 Å². The lowest BCUT2D eigenvalue weighted by molar-refractivity contribution is -0.117. The monoisotopic (exact) mass is 497 g/mol. The molecule has 0 bridgehead atoms. The highest BCUT2D eigenvalue weighted by atomic mass is 79.9. The molecule has 1 aliphatic heterocycles. The minimum atomic E-state index is -0.270. The lowest BCUT2D eigenvalue weighted by atomic mass is 10.1. The van der Waals surface area contributed by atoms with Crippen molar-refractivity contribution in [3.05, 3.63) is 76.8 Å². The van der Waals surface area contributed by atoms with Crippen LogP contribution in [-0.4, -0.2) is 54.4 Å². The maximum absolute atomic E-state index is 12.7. The van der Waals surface area contributed by atoms with Crippen LogP contribution in [0.25, 0.3) is 0 Å². The fraction of sp³-hybridized carbons (Fsp3) is 0.261. The number of piperazine rings is 1. The molecule has 0 atom stereocenters. The van der Waals surface area contributed by atoms with Gasteiger partial charge in [-0.2, -0.15) is 0 Å². The van der Waals surface area contributed by atoms with E-state index in [0.29, 0.717) is 17.0 Å². The molecule has 32 heavy (non-hydrogen) atoms. The molecule has 2 amide bonds. The van der Waals surface area contributed by atoms with Gasteiger partial charge in [-0.05, 0) is 52.3 Å². The maximum atomic E-state index is 12.7. The van der Waals surface area contributed by atoms with Crippen LogP contribution in [0, 0.1) is 0 Å². The molecule has 8 nitrogen and oxygen atoms in total. The van der Waals surface area contributed by atoms with E-state index in [1.807, 2.05) is 12.1 Å². The number of para-hydroxylation sites is 1. The van der Waals surface area contributed by atoms with Gasteiger partial charge in [-0.25, -0.2) is 4.98 Å². The number of hydrogen-bond acceptors (Lipinski definition) is 6. The zero-order chi connectivity index (χ0) is 22.3. The normalized spacial score (nSPS) is 14.2. The summed E-state index contributed by atoms with van der Waals surface area (Å²) >= 11 is 3.40. The van der Waals surface area contributed by atoms with Crippen molar-refractivity contribution >= 4 is 39.2 Å². The van der Waals surface area contributed by atoms with Crippen LogP contribution in [0.2, 0.25) is 0 Å². The molecule has 0 radical (unpaired) electrons. The predicted molar refractivity (Wildman–Crippen MR) is 126 cm³/mol. The van der Waals surface area contributed by atoms with Crippen LogP contribution in [0.4, 0.5) is 11.5 Å². The molecule has 166 valence electrons. The van der Waals surface area contributed by atoms with Crippen molar-refractivity contribution in [2.75, 3.05) is 42.9 Å². The Hall–Kier alpha value is -3.17. The second-order valence-corrected chi connectivity index (χ2v) is 8.37. The standard InChI is InChI=1S/C23H24BrN5O3/c24-17-7-8-21(25-14-17)29-11-9-28(10-12-29)16-22(30)27-20-6-2-1-5-19(20)23(31)26-15-18-4-3-13-32-18/h1-8,13-14H,9-12,15-16H2,(H,26,31)(H,27,30). The summed E-state index contributed by atoms with van der Waals surface area (Å²) in [6.45, 7) is 3.67. The summed E-state index contributed by atoms with van der Waals surface area (Å²) in [4.78, 5) is 34.0. The van der Waals surface area contributed by atoms with Crippen molar-refractivity contribution in [2.45, 2.75) is 6.54 Å². The van der Waals surface area contributed by atoms with E-state index in [2.05, 4.69) is 41.3 Å². The van der Waals surface area contributed by atoms with E-state index in [1.54, 1.807) is 48.9 Å². The number of nitrogens with zero attached hydrogens (tertiary/aromatic N) is 3. The van der Waals surface area contributed by atoms with Gasteiger partial charge in [-0.1, -0.05) is 12.1 Å². The SMILES string of the molecule is O=C(CN1CCN(c2ccc(Br)cn2)CC1)Nc1ccccc1C(=O)NCc1ccco1. The molecule has 4 rings (SSSR count). The Morgan fingerprint density at radius 3 is 2.56 bits per heavy atom. The van der Waals surface area contributed by atoms with E-state index < -0.39 is 0 Å². The molecule has 1 aromatic carbocycles. The van der Waals surface area contributed by atoms with E-state index in [-0.39, 0.29) is 24.9 Å². The molecule has 2 aromatic heterocycles. The Morgan fingerprint density at radius 2 is 1.84 bits per heavy atom. The minimum Gasteiger partial charge on any atom is -0.467 e. The summed E-state index contributed by atoms with van der Waals surface area (Å²) in [5.74, 6) is 1.18. The molecule has 0 spiro atoms. The van der Waals surface area contributed by atoms with E-state index in [0.717, 1.165) is 36.5 Å². The lowest BCUT2D eigenvalue weighted by Gasteiger charge is -2.35. The Morgan fingerprint density at radius 1 is 1.03 bits per heavy atom. The summed E-state index contributed by atoms with van der Waals surface area (Å²) in [5, 5.41) is 5.70. The number of carbonyl (C=O) groups excluding carboxylic acids is 2. The summed E-state index contributed by atoms with van der Waals surface area (Å²) < 4.78 is 6.19. The number of nitrogens with one attached hydrogen (secondary N) is 2. The fourth-order valence-corrected chi connectivity index (χ4v) is 3.78. The van der Waals surface area contributed by atoms with Crippen LogP contribution in [-0.2, 0) is 11.3 Å². The molecule has 1 aliphatic rings. The van der Waals surface area contributed by atoms with Crippen molar-refractivity contribution in [2.24, 2.45) is 0 Å². The topological polar surface area (TPSA) is 90.7 Å². The van der Waals surface area contributed by atoms with Gasteiger partial charge in [0.2, 0.25) is 5.91 Å². The number of rotatable bonds is 7. The molecule has 3 heterocycles.